The van der Waals surface area contributed by atoms with Crippen molar-refractivity contribution in [1.82, 2.24) is 9.53 Å². The minimum atomic E-state index is -0.749. The van der Waals surface area contributed by atoms with Crippen molar-refractivity contribution in [2.75, 3.05) is 6.54 Å². The second kappa shape index (κ2) is 13.2. The number of Topliss-reactive ketones (excluding diaryl/α,β-unsaturated/α-hetero) is 2. The van der Waals surface area contributed by atoms with Gasteiger partial charge in [-0.25, -0.2) is 4.31 Å². The molecule has 35 heavy (non-hydrogen) atoms. The molecule has 7 heteroatoms. The van der Waals surface area contributed by atoms with Gasteiger partial charge < -0.3 is 10.0 Å². The molecule has 0 aromatic rings. The maximum Gasteiger partial charge on any atom is 0.296 e. The molecule has 0 bridgehead atoms. The van der Waals surface area contributed by atoms with Crippen molar-refractivity contribution in [2.45, 2.75) is 131 Å². The molecule has 6 unspecified atom stereocenters. The summed E-state index contributed by atoms with van der Waals surface area (Å²) in [5.74, 6) is 1.34. The van der Waals surface area contributed by atoms with Crippen molar-refractivity contribution >= 4 is 36.6 Å². The van der Waals surface area contributed by atoms with Gasteiger partial charge in [0, 0.05) is 23.4 Å². The molecule has 0 amide bonds. The molecule has 0 spiro atoms. The molecule has 5 nitrogen and oxygen atoms in total. The Morgan fingerprint density at radius 2 is 1.54 bits per heavy atom. The second-order valence-corrected chi connectivity index (χ2v) is 12.7. The van der Waals surface area contributed by atoms with Gasteiger partial charge in [-0.1, -0.05) is 67.3 Å². The lowest BCUT2D eigenvalue weighted by molar-refractivity contribution is -0.127. The number of carbonyl (C=O) groups excluding carboxylic acids is 3. The quantitative estimate of drug-likeness (QED) is 0.228. The summed E-state index contributed by atoms with van der Waals surface area (Å²) in [6, 6.07) is 0. The van der Waals surface area contributed by atoms with Gasteiger partial charge in [0.2, 0.25) is 0 Å². The fraction of sp³-hybridized carbons (Fsp3) is 0.893. The smallest absolute Gasteiger partial charge is 0.296 e. The lowest BCUT2D eigenvalue weighted by Gasteiger charge is -2.52. The summed E-state index contributed by atoms with van der Waals surface area (Å²) < 4.78 is 2.39. The zero-order valence-electron chi connectivity index (χ0n) is 24.4. The fourth-order valence-corrected chi connectivity index (χ4v) is 7.07. The van der Waals surface area contributed by atoms with Crippen LogP contribution < -0.4 is 5.23 Å². The molecular formula is C28H52BN2O3S. The fourth-order valence-electron chi connectivity index (χ4n) is 5.19. The highest BCUT2D eigenvalue weighted by atomic mass is 32.2. The highest BCUT2D eigenvalue weighted by molar-refractivity contribution is 7.98. The van der Waals surface area contributed by atoms with E-state index in [0.717, 1.165) is 32.2 Å². The molecule has 0 saturated carbocycles. The van der Waals surface area contributed by atoms with Crippen molar-refractivity contribution in [2.24, 2.45) is 23.2 Å². The second-order valence-electron chi connectivity index (χ2n) is 11.5. The van der Waals surface area contributed by atoms with Crippen LogP contribution in [0.15, 0.2) is 0 Å². The zero-order valence-corrected chi connectivity index (χ0v) is 25.2. The van der Waals surface area contributed by atoms with Crippen LogP contribution in [0.1, 0.15) is 115 Å². The minimum Gasteiger partial charge on any atom is -0.342 e. The third kappa shape index (κ3) is 6.81. The van der Waals surface area contributed by atoms with Gasteiger partial charge in [-0.05, 0) is 71.1 Å². The Labute approximate surface area is 221 Å². The summed E-state index contributed by atoms with van der Waals surface area (Å²) in [5.41, 5.74) is -1.87. The van der Waals surface area contributed by atoms with Gasteiger partial charge in [0.05, 0.1) is 10.8 Å². The van der Waals surface area contributed by atoms with E-state index in [9.17, 15) is 14.4 Å². The Morgan fingerprint density at radius 3 is 1.97 bits per heavy atom. The average molecular weight is 508 g/mol. The first kappa shape index (κ1) is 32.4. The van der Waals surface area contributed by atoms with Crippen LogP contribution in [-0.4, -0.2) is 51.8 Å². The van der Waals surface area contributed by atoms with E-state index in [2.05, 4.69) is 64.9 Å². The van der Waals surface area contributed by atoms with E-state index < -0.39 is 16.5 Å². The van der Waals surface area contributed by atoms with Crippen LogP contribution in [0.4, 0.5) is 0 Å². The van der Waals surface area contributed by atoms with Gasteiger partial charge in [0.15, 0.2) is 0 Å². The normalized spacial score (nSPS) is 26.8. The maximum atomic E-state index is 13.8. The van der Waals surface area contributed by atoms with Crippen molar-refractivity contribution < 1.29 is 14.4 Å². The van der Waals surface area contributed by atoms with Crippen LogP contribution in [0.25, 0.3) is 0 Å². The van der Waals surface area contributed by atoms with Crippen LogP contribution in [0.5, 0.6) is 0 Å². The van der Waals surface area contributed by atoms with Crippen LogP contribution >= 0.6 is 11.9 Å². The Balaban J connectivity index is 3.37. The SMILES string of the molecule is CCC(CC)C(=O)C1CC(C)C(C)CN(C(C)(CC)C(C)(CC)C(=O)[B]NC(C)(CC)C(C)=O)S1. The van der Waals surface area contributed by atoms with Crippen molar-refractivity contribution in [3.05, 3.63) is 0 Å². The Hall–Kier alpha value is -0.655. The molecule has 1 heterocycles. The number of hydrogen-bond acceptors (Lipinski definition) is 6. The summed E-state index contributed by atoms with van der Waals surface area (Å²) >= 11 is 1.69. The van der Waals surface area contributed by atoms with Gasteiger partial charge in [0.1, 0.15) is 17.2 Å². The topological polar surface area (TPSA) is 66.5 Å². The van der Waals surface area contributed by atoms with Crippen LogP contribution in [0, 0.1) is 23.2 Å². The molecule has 1 fully saturated rings. The van der Waals surface area contributed by atoms with E-state index in [1.165, 1.54) is 0 Å². The lowest BCUT2D eigenvalue weighted by atomic mass is 9.57. The van der Waals surface area contributed by atoms with Gasteiger partial charge in [-0.2, -0.15) is 0 Å². The number of ketones is 2. The standard InChI is InChI=1S/C28H52BN2O3S/c1-12-22(13-2)24(33)23-17-19(6)20(7)18-31(35-23)28(11,16-5)26(9,14-3)25(34)29-30-27(10,15-4)21(8)32/h19-20,22-23,30H,12-18H2,1-11H3. The Kier molecular flexibility index (Phi) is 12.2. The first-order valence-electron chi connectivity index (χ1n) is 13.9. The van der Waals surface area contributed by atoms with Crippen molar-refractivity contribution in [3.8, 4) is 0 Å². The van der Waals surface area contributed by atoms with Gasteiger partial charge in [-0.15, -0.1) is 0 Å². The van der Waals surface area contributed by atoms with E-state index >= 15 is 0 Å². The highest BCUT2D eigenvalue weighted by Crippen LogP contribution is 2.49. The largest absolute Gasteiger partial charge is 0.342 e. The van der Waals surface area contributed by atoms with Gasteiger partial charge in [-0.3, -0.25) is 9.59 Å². The molecule has 1 rings (SSSR count). The molecule has 0 aliphatic carbocycles. The molecule has 1 saturated heterocycles. The van der Waals surface area contributed by atoms with Crippen molar-refractivity contribution in [1.29, 1.82) is 0 Å². The third-order valence-electron chi connectivity index (χ3n) is 9.66. The first-order chi connectivity index (χ1) is 16.2. The summed E-state index contributed by atoms with van der Waals surface area (Å²) in [7, 11) is 1.55. The van der Waals surface area contributed by atoms with E-state index in [1.54, 1.807) is 26.3 Å². The molecule has 6 atom stereocenters. The molecular weight excluding hydrogens is 455 g/mol. The average Bonchev–Trinajstić information content (AvgIpc) is 2.99. The number of hydrogen-bond donors (Lipinski definition) is 1. The van der Waals surface area contributed by atoms with Gasteiger partial charge in [0.25, 0.3) is 7.41 Å². The number of rotatable bonds is 14. The highest BCUT2D eigenvalue weighted by Gasteiger charge is 2.53. The number of nitrogens with zero attached hydrogens (tertiary/aromatic N) is 1. The maximum absolute atomic E-state index is 13.8. The molecule has 201 valence electrons. The summed E-state index contributed by atoms with van der Waals surface area (Å²) in [4.78, 5) is 39.6. The zero-order chi connectivity index (χ0) is 27.2. The summed E-state index contributed by atoms with van der Waals surface area (Å²) in [6.45, 7) is 23.4. The predicted octanol–water partition coefficient (Wildman–Crippen LogP) is 6.06. The monoisotopic (exact) mass is 507 g/mol. The van der Waals surface area contributed by atoms with E-state index in [0.29, 0.717) is 30.5 Å². The molecule has 1 aliphatic rings. The molecule has 1 N–H and O–H groups in total. The Morgan fingerprint density at radius 1 is 0.971 bits per heavy atom. The van der Waals surface area contributed by atoms with E-state index in [1.807, 2.05) is 13.8 Å². The molecule has 1 radical (unpaired) electrons. The lowest BCUT2D eigenvalue weighted by Crippen LogP contribution is -2.62. The number of carbonyl (C=O) groups is 3. The predicted molar refractivity (Wildman–Crippen MR) is 150 cm³/mol. The summed E-state index contributed by atoms with van der Waals surface area (Å²) in [6.07, 6.45) is 4.70. The first-order valence-corrected chi connectivity index (χ1v) is 14.7. The van der Waals surface area contributed by atoms with Crippen LogP contribution in [0.3, 0.4) is 0 Å². The number of nitrogens with one attached hydrogen (secondary N) is 1. The van der Waals surface area contributed by atoms with Gasteiger partial charge >= 0.3 is 0 Å². The third-order valence-corrected chi connectivity index (χ3v) is 11.1. The van der Waals surface area contributed by atoms with E-state index in [-0.39, 0.29) is 22.6 Å². The molecule has 0 aromatic carbocycles. The minimum absolute atomic E-state index is 0.0127. The van der Waals surface area contributed by atoms with Crippen LogP contribution in [0.2, 0.25) is 0 Å². The van der Waals surface area contributed by atoms with Crippen molar-refractivity contribution in [3.63, 3.8) is 0 Å². The molecule has 0 aromatic heterocycles. The molecule has 1 aliphatic heterocycles. The van der Waals surface area contributed by atoms with E-state index in [4.69, 9.17) is 0 Å². The van der Waals surface area contributed by atoms with Crippen LogP contribution in [-0.2, 0) is 14.4 Å². The summed E-state index contributed by atoms with van der Waals surface area (Å²) in [5, 5.41) is 3.09. The Bertz CT molecular complexity index is 746.